The van der Waals surface area contributed by atoms with Gasteiger partial charge >= 0.3 is 20.2 Å². The van der Waals surface area contributed by atoms with Crippen LogP contribution in [-0.2, 0) is 27.6 Å². The largest absolute Gasteiger partial charge is 0.476 e. The van der Waals surface area contributed by atoms with Gasteiger partial charge in [-0.05, 0) is 6.07 Å². The third-order valence-corrected chi connectivity index (χ3v) is 10.6. The Morgan fingerprint density at radius 2 is 1.78 bits per heavy atom. The molecule has 3 saturated heterocycles. The molecular formula is C20H23F3N10O9P2S2+2. The predicted molar refractivity (Wildman–Crippen MR) is 158 cm³/mol. The summed E-state index contributed by atoms with van der Waals surface area (Å²) in [6.07, 6.45) is -10.9. The fraction of sp³-hybridized carbons (Fsp3) is 0.500. The Morgan fingerprint density at radius 3 is 2.54 bits per heavy atom. The first-order valence-electron chi connectivity index (χ1n) is 13.0. The summed E-state index contributed by atoms with van der Waals surface area (Å²) < 4.78 is 82.8. The molecule has 0 spiro atoms. The van der Waals surface area contributed by atoms with Crippen molar-refractivity contribution in [3.8, 4) is 0 Å². The van der Waals surface area contributed by atoms with Crippen molar-refractivity contribution in [2.75, 3.05) is 24.7 Å². The molecule has 46 heavy (non-hydrogen) atoms. The van der Waals surface area contributed by atoms with E-state index in [1.54, 1.807) is 0 Å². The molecule has 7 heterocycles. The number of nitrogens with zero attached hydrogens (tertiary/aromatic N) is 7. The summed E-state index contributed by atoms with van der Waals surface area (Å²) >= 11 is 7.97. The summed E-state index contributed by atoms with van der Waals surface area (Å²) in [4.78, 5) is 48.2. The molecule has 3 aliphatic rings. The number of aromatic amines is 1. The number of H-pyrrole nitrogens is 1. The van der Waals surface area contributed by atoms with E-state index in [-0.39, 0.29) is 34.0 Å². The summed E-state index contributed by atoms with van der Waals surface area (Å²) in [5.41, 5.74) is 10.2. The van der Waals surface area contributed by atoms with Gasteiger partial charge in [-0.1, -0.05) is 5.21 Å². The number of halogens is 3. The minimum absolute atomic E-state index is 0.00763. The van der Waals surface area contributed by atoms with Gasteiger partial charge in [-0.25, -0.2) is 14.4 Å². The van der Waals surface area contributed by atoms with E-state index >= 15 is 13.2 Å². The van der Waals surface area contributed by atoms with Crippen LogP contribution >= 0.6 is 38.8 Å². The van der Waals surface area contributed by atoms with Crippen molar-refractivity contribution in [2.45, 2.75) is 49.0 Å². The summed E-state index contributed by atoms with van der Waals surface area (Å²) in [7, 11) is -8.87. The number of thiol groups is 2. The van der Waals surface area contributed by atoms with Crippen molar-refractivity contribution in [1.29, 1.82) is 0 Å². The molecule has 9 atom stereocenters. The highest BCUT2D eigenvalue weighted by molar-refractivity contribution is 8.47. The van der Waals surface area contributed by atoms with Crippen LogP contribution in [0.3, 0.4) is 0 Å². The van der Waals surface area contributed by atoms with Gasteiger partial charge in [-0.2, -0.15) is 46.3 Å². The lowest BCUT2D eigenvalue weighted by molar-refractivity contribution is -0.135. The van der Waals surface area contributed by atoms with E-state index in [4.69, 9.17) is 39.0 Å². The molecule has 4 aromatic rings. The van der Waals surface area contributed by atoms with Crippen molar-refractivity contribution >= 4 is 72.8 Å². The Balaban J connectivity index is 1.22. The number of nitrogen functional groups attached to an aromatic ring is 2. The van der Waals surface area contributed by atoms with Crippen molar-refractivity contribution in [1.82, 2.24) is 39.5 Å². The van der Waals surface area contributed by atoms with Crippen LogP contribution in [0.4, 0.5) is 24.9 Å². The summed E-state index contributed by atoms with van der Waals surface area (Å²) in [5.74, 6) is -4.20. The second-order valence-corrected chi connectivity index (χ2v) is 16.2. The van der Waals surface area contributed by atoms with Crippen molar-refractivity contribution in [3.05, 3.63) is 28.9 Å². The Bertz CT molecular complexity index is 1870. The molecule has 2 unspecified atom stereocenters. The van der Waals surface area contributed by atoms with Crippen LogP contribution in [0.1, 0.15) is 12.5 Å². The quantitative estimate of drug-likeness (QED) is 0.112. The normalized spacial score (nSPS) is 36.7. The van der Waals surface area contributed by atoms with E-state index in [0.29, 0.717) is 0 Å². The average Bonchev–Trinajstić information content (AvgIpc) is 3.71. The molecule has 248 valence electrons. The van der Waals surface area contributed by atoms with Crippen molar-refractivity contribution in [3.63, 3.8) is 0 Å². The molecule has 3 aliphatic heterocycles. The minimum atomic E-state index is -4.48. The Morgan fingerprint density at radius 1 is 1.07 bits per heavy atom. The van der Waals surface area contributed by atoms with E-state index in [0.717, 1.165) is 15.6 Å². The SMILES string of the molecule is Nc1nc2c(nnn2[C@@H]2O[C@@H]3CO[P+](O)(S)O[C@@H]4[C@@H](CO[P+](O)(S)O[C@@H]2[C@H]3F)O[C@@H](n2ccc3c(N)ncnc32)C4(F)F)c(=O)[nH]1. The first-order valence-corrected chi connectivity index (χ1v) is 18.5. The molecule has 26 heteroatoms. The van der Waals surface area contributed by atoms with Crippen LogP contribution in [0, 0.1) is 0 Å². The summed E-state index contributed by atoms with van der Waals surface area (Å²) in [6.45, 7) is -1.68. The number of fused-ring (bicyclic) bond motifs is 5. The molecule has 0 amide bonds. The van der Waals surface area contributed by atoms with Gasteiger partial charge < -0.3 is 25.5 Å². The van der Waals surface area contributed by atoms with Gasteiger partial charge in [-0.3, -0.25) is 9.78 Å². The lowest BCUT2D eigenvalue weighted by Gasteiger charge is -2.25. The first kappa shape index (κ1) is 32.1. The molecular weight excluding hydrogens is 707 g/mol. The number of anilines is 2. The van der Waals surface area contributed by atoms with E-state index in [1.807, 2.05) is 0 Å². The van der Waals surface area contributed by atoms with Gasteiger partial charge in [0.2, 0.25) is 18.3 Å². The van der Waals surface area contributed by atoms with Gasteiger partial charge in [0.05, 0.1) is 29.9 Å². The molecule has 7 rings (SSSR count). The lowest BCUT2D eigenvalue weighted by Crippen LogP contribution is -2.41. The van der Waals surface area contributed by atoms with E-state index in [1.165, 1.54) is 12.3 Å². The summed E-state index contributed by atoms with van der Waals surface area (Å²) in [6, 6.07) is 1.41. The number of rotatable bonds is 2. The van der Waals surface area contributed by atoms with Gasteiger partial charge in [0, 0.05) is 6.20 Å². The fourth-order valence-corrected chi connectivity index (χ4v) is 8.23. The summed E-state index contributed by atoms with van der Waals surface area (Å²) in [5, 5.41) is 7.79. The number of hydrogen-bond donors (Lipinski definition) is 7. The van der Waals surface area contributed by atoms with Crippen molar-refractivity contribution in [2.24, 2.45) is 0 Å². The molecule has 0 aromatic carbocycles. The van der Waals surface area contributed by atoms with Gasteiger partial charge in [0.15, 0.2) is 29.7 Å². The van der Waals surface area contributed by atoms with Crippen LogP contribution in [0.15, 0.2) is 23.4 Å². The number of alkyl halides is 3. The number of nitrogens with one attached hydrogen (secondary N) is 1. The van der Waals surface area contributed by atoms with Crippen LogP contribution in [-0.4, -0.2) is 99.0 Å². The number of ether oxygens (including phenoxy) is 2. The average molecular weight is 731 g/mol. The number of aromatic nitrogens is 8. The highest BCUT2D eigenvalue weighted by Crippen LogP contribution is 2.68. The molecule has 19 nitrogen and oxygen atoms in total. The standard InChI is InChI=1S/C20H22F3N10O9P2S2/c21-9-7-3-37-44(36,46)42-12-8(40-18(20(12,22)23)32-2-1-6-13(24)26-5-27-14(6)32)4-38-43(35,45)41-11(9)17(39-7)33-15-10(30-31-33)16(34)29-19(25)28-15/h1-2,5,7-9,11-12,17-18,35-36,45-46H,3-4H2,(H4-,24,25,26,27,28,29,31,34)/q+1/p+1/t7-,8-,9+,11-,12-,17-,18-,43?,44?/m1/s1. The zero-order valence-electron chi connectivity index (χ0n) is 22.6. The number of hydrogen-bond acceptors (Lipinski definition) is 18. The number of nitrogens with two attached hydrogens (primary N) is 2. The first-order chi connectivity index (χ1) is 21.6. The van der Waals surface area contributed by atoms with Gasteiger partial charge in [0.1, 0.15) is 43.2 Å². The van der Waals surface area contributed by atoms with Gasteiger partial charge in [0.25, 0.3) is 5.56 Å². The van der Waals surface area contributed by atoms with Gasteiger partial charge in [-0.15, -0.1) is 5.10 Å². The topological polar surface area (TPSA) is 255 Å². The zero-order chi connectivity index (χ0) is 32.8. The Hall–Kier alpha value is -2.47. The highest BCUT2D eigenvalue weighted by Gasteiger charge is 2.67. The van der Waals surface area contributed by atoms with Crippen molar-refractivity contribution < 1.29 is 50.5 Å². The van der Waals surface area contributed by atoms with E-state index in [9.17, 15) is 14.6 Å². The molecule has 2 bridgehead atoms. The smallest absolute Gasteiger partial charge is 0.383 e. The van der Waals surface area contributed by atoms with E-state index < -0.39 is 82.0 Å². The fourth-order valence-electron chi connectivity index (χ4n) is 5.29. The van der Waals surface area contributed by atoms with Crippen LogP contribution in [0.2, 0.25) is 0 Å². The van der Waals surface area contributed by atoms with Crippen LogP contribution < -0.4 is 17.0 Å². The van der Waals surface area contributed by atoms with Crippen LogP contribution in [0.25, 0.3) is 22.2 Å². The zero-order valence-corrected chi connectivity index (χ0v) is 26.2. The lowest BCUT2D eigenvalue weighted by atomic mass is 10.1. The molecule has 7 N–H and O–H groups in total. The van der Waals surface area contributed by atoms with Crippen LogP contribution in [0.5, 0.6) is 0 Å². The maximum absolute atomic E-state index is 16.1. The molecule has 0 aliphatic carbocycles. The van der Waals surface area contributed by atoms with E-state index in [2.05, 4.69) is 54.7 Å². The minimum Gasteiger partial charge on any atom is -0.383 e. The Labute approximate surface area is 265 Å². The predicted octanol–water partition coefficient (Wildman–Crippen LogP) is 0.909. The third-order valence-electron chi connectivity index (χ3n) is 7.32. The monoisotopic (exact) mass is 730 g/mol. The Kier molecular flexibility index (Phi) is 7.89. The molecule has 4 aromatic heterocycles. The molecule has 3 fully saturated rings. The maximum Gasteiger partial charge on any atom is 0.476 e. The molecule has 0 radical (unpaired) electrons. The third kappa shape index (κ3) is 5.48. The second kappa shape index (κ2) is 11.3. The second-order valence-electron chi connectivity index (χ2n) is 10.3. The highest BCUT2D eigenvalue weighted by atomic mass is 32.7. The maximum atomic E-state index is 16.1. The molecule has 0 saturated carbocycles.